The summed E-state index contributed by atoms with van der Waals surface area (Å²) >= 11 is 0. The lowest BCUT2D eigenvalue weighted by Gasteiger charge is -2.25. The monoisotopic (exact) mass is 337 g/mol. The van der Waals surface area contributed by atoms with Gasteiger partial charge in [-0.15, -0.1) is 0 Å². The molecule has 1 amide bonds. The Kier molecular flexibility index (Phi) is 3.36. The van der Waals surface area contributed by atoms with E-state index in [2.05, 4.69) is 10.1 Å². The molecular formula is C19H19N3O3. The highest BCUT2D eigenvalue weighted by Crippen LogP contribution is 2.40. The number of nitrogens with zero attached hydrogens (tertiary/aromatic N) is 3. The second kappa shape index (κ2) is 5.72. The van der Waals surface area contributed by atoms with Crippen LogP contribution in [-0.2, 0) is 4.79 Å². The molecule has 6 nitrogen and oxygen atoms in total. The van der Waals surface area contributed by atoms with Gasteiger partial charge in [0.2, 0.25) is 5.89 Å². The van der Waals surface area contributed by atoms with E-state index in [0.29, 0.717) is 23.9 Å². The summed E-state index contributed by atoms with van der Waals surface area (Å²) in [6.07, 6.45) is 6.01. The number of rotatable bonds is 3. The smallest absolute Gasteiger partial charge is 0.253 e. The number of amides is 1. The van der Waals surface area contributed by atoms with Crippen molar-refractivity contribution in [1.29, 1.82) is 0 Å². The molecule has 1 saturated carbocycles. The van der Waals surface area contributed by atoms with Crippen molar-refractivity contribution in [2.24, 2.45) is 0 Å². The van der Waals surface area contributed by atoms with E-state index in [0.717, 1.165) is 49.4 Å². The Labute approximate surface area is 145 Å². The first-order valence-corrected chi connectivity index (χ1v) is 8.86. The number of carbonyl (C=O) groups excluding carboxylic acids is 1. The molecular weight excluding hydrogens is 318 g/mol. The minimum atomic E-state index is -0.0955. The maximum absolute atomic E-state index is 13.0. The summed E-state index contributed by atoms with van der Waals surface area (Å²) in [5, 5.41) is 4.14. The predicted molar refractivity (Wildman–Crippen MR) is 89.9 cm³/mol. The first kappa shape index (κ1) is 14.7. The summed E-state index contributed by atoms with van der Waals surface area (Å²) in [6.45, 7) is 1.02. The molecule has 0 radical (unpaired) electrons. The molecule has 0 spiro atoms. The second-order valence-electron chi connectivity index (χ2n) is 6.92. The van der Waals surface area contributed by atoms with Crippen LogP contribution in [0.1, 0.15) is 54.9 Å². The van der Waals surface area contributed by atoms with Gasteiger partial charge in [0.05, 0.1) is 11.6 Å². The molecule has 2 aromatic rings. The van der Waals surface area contributed by atoms with E-state index in [1.807, 2.05) is 35.2 Å². The maximum Gasteiger partial charge on any atom is 0.253 e. The van der Waals surface area contributed by atoms with E-state index in [9.17, 15) is 4.79 Å². The molecule has 128 valence electrons. The standard InChI is InChI=1S/C19H19N3O3/c23-19(14-10-13-4-1-2-6-16(13)24-11-14)22-9-3-5-15(22)17-20-18(25-21-17)12-7-8-12/h1-2,4,6,10,12,15H,3,5,7-9,11H2/t15-/m0/s1. The minimum absolute atomic E-state index is 0.00905. The zero-order valence-corrected chi connectivity index (χ0v) is 13.9. The van der Waals surface area contributed by atoms with Gasteiger partial charge in [0.25, 0.3) is 5.91 Å². The maximum atomic E-state index is 13.0. The molecule has 3 aliphatic rings. The summed E-state index contributed by atoms with van der Waals surface area (Å²) < 4.78 is 11.1. The van der Waals surface area contributed by atoms with Crippen LogP contribution in [0.25, 0.3) is 6.08 Å². The number of hydrogen-bond acceptors (Lipinski definition) is 5. The zero-order valence-electron chi connectivity index (χ0n) is 13.9. The summed E-state index contributed by atoms with van der Waals surface area (Å²) in [5.74, 6) is 2.63. The molecule has 1 aliphatic carbocycles. The molecule has 5 rings (SSSR count). The van der Waals surface area contributed by atoms with Gasteiger partial charge in [-0.05, 0) is 37.8 Å². The van der Waals surface area contributed by atoms with Crippen LogP contribution in [0.5, 0.6) is 5.75 Å². The number of likely N-dealkylation sites (tertiary alicyclic amines) is 1. The van der Waals surface area contributed by atoms with Gasteiger partial charge in [-0.25, -0.2) is 0 Å². The summed E-state index contributed by atoms with van der Waals surface area (Å²) in [5.41, 5.74) is 1.62. The van der Waals surface area contributed by atoms with Gasteiger partial charge in [0.1, 0.15) is 12.4 Å². The zero-order chi connectivity index (χ0) is 16.8. The number of carbonyl (C=O) groups is 1. The Balaban J connectivity index is 1.39. The number of benzene rings is 1. The van der Waals surface area contributed by atoms with Crippen LogP contribution in [0.3, 0.4) is 0 Å². The summed E-state index contributed by atoms with van der Waals surface area (Å²) in [6, 6.07) is 7.67. The summed E-state index contributed by atoms with van der Waals surface area (Å²) in [4.78, 5) is 19.4. The molecule has 1 aromatic heterocycles. The van der Waals surface area contributed by atoms with Gasteiger partial charge in [-0.3, -0.25) is 4.79 Å². The van der Waals surface area contributed by atoms with Crippen molar-refractivity contribution >= 4 is 12.0 Å². The molecule has 3 heterocycles. The highest BCUT2D eigenvalue weighted by atomic mass is 16.5. The lowest BCUT2D eigenvalue weighted by atomic mass is 10.1. The lowest BCUT2D eigenvalue weighted by molar-refractivity contribution is -0.128. The Morgan fingerprint density at radius 2 is 2.08 bits per heavy atom. The SMILES string of the molecule is O=C(C1=Cc2ccccc2OC1)N1CCC[C@H]1c1noc(C2CC2)n1. The molecule has 2 aliphatic heterocycles. The third-order valence-electron chi connectivity index (χ3n) is 5.10. The number of hydrogen-bond donors (Lipinski definition) is 0. The Morgan fingerprint density at radius 3 is 2.96 bits per heavy atom. The van der Waals surface area contributed by atoms with Gasteiger partial charge < -0.3 is 14.2 Å². The van der Waals surface area contributed by atoms with Gasteiger partial charge >= 0.3 is 0 Å². The van der Waals surface area contributed by atoms with Crippen LogP contribution in [0.4, 0.5) is 0 Å². The first-order chi connectivity index (χ1) is 12.3. The molecule has 1 aromatic carbocycles. The average molecular weight is 337 g/mol. The van der Waals surface area contributed by atoms with Crippen molar-refractivity contribution in [3.05, 3.63) is 47.1 Å². The van der Waals surface area contributed by atoms with Crippen LogP contribution in [0.15, 0.2) is 34.4 Å². The fourth-order valence-electron chi connectivity index (χ4n) is 3.58. The van der Waals surface area contributed by atoms with E-state index < -0.39 is 0 Å². The number of fused-ring (bicyclic) bond motifs is 1. The molecule has 1 saturated heterocycles. The van der Waals surface area contributed by atoms with Crippen molar-refractivity contribution in [2.45, 2.75) is 37.6 Å². The Bertz CT molecular complexity index is 853. The molecule has 0 unspecified atom stereocenters. The first-order valence-electron chi connectivity index (χ1n) is 8.86. The quantitative estimate of drug-likeness (QED) is 0.861. The fourth-order valence-corrected chi connectivity index (χ4v) is 3.58. The summed E-state index contributed by atoms with van der Waals surface area (Å²) in [7, 11) is 0. The van der Waals surface area contributed by atoms with Crippen LogP contribution < -0.4 is 4.74 Å². The van der Waals surface area contributed by atoms with E-state index in [-0.39, 0.29) is 11.9 Å². The van der Waals surface area contributed by atoms with Crippen molar-refractivity contribution in [1.82, 2.24) is 15.0 Å². The van der Waals surface area contributed by atoms with E-state index in [1.54, 1.807) is 0 Å². The molecule has 0 bridgehead atoms. The third kappa shape index (κ3) is 2.62. The normalized spacial score (nSPS) is 22.3. The van der Waals surface area contributed by atoms with Gasteiger partial charge in [-0.1, -0.05) is 23.4 Å². The van der Waals surface area contributed by atoms with E-state index in [4.69, 9.17) is 9.26 Å². The van der Waals surface area contributed by atoms with Crippen molar-refractivity contribution in [3.63, 3.8) is 0 Å². The van der Waals surface area contributed by atoms with Crippen LogP contribution >= 0.6 is 0 Å². The predicted octanol–water partition coefficient (Wildman–Crippen LogP) is 3.09. The fraction of sp³-hybridized carbons (Fsp3) is 0.421. The highest BCUT2D eigenvalue weighted by Gasteiger charge is 2.37. The third-order valence-corrected chi connectivity index (χ3v) is 5.10. The van der Waals surface area contributed by atoms with Gasteiger partial charge in [-0.2, -0.15) is 4.98 Å². The molecule has 0 N–H and O–H groups in total. The Morgan fingerprint density at radius 1 is 1.20 bits per heavy atom. The van der Waals surface area contributed by atoms with Crippen LogP contribution in [-0.4, -0.2) is 34.1 Å². The van der Waals surface area contributed by atoms with Crippen molar-refractivity contribution < 1.29 is 14.1 Å². The molecule has 1 atom stereocenters. The van der Waals surface area contributed by atoms with Crippen molar-refractivity contribution in [2.75, 3.05) is 13.2 Å². The van der Waals surface area contributed by atoms with Crippen molar-refractivity contribution in [3.8, 4) is 5.75 Å². The largest absolute Gasteiger partial charge is 0.488 e. The molecule has 6 heteroatoms. The average Bonchev–Trinajstić information content (AvgIpc) is 3.19. The highest BCUT2D eigenvalue weighted by molar-refractivity contribution is 5.99. The minimum Gasteiger partial charge on any atom is -0.488 e. The Hall–Kier alpha value is -2.63. The van der Waals surface area contributed by atoms with E-state index >= 15 is 0 Å². The number of aromatic nitrogens is 2. The van der Waals surface area contributed by atoms with Gasteiger partial charge in [0, 0.05) is 18.0 Å². The van der Waals surface area contributed by atoms with E-state index in [1.165, 1.54) is 0 Å². The lowest BCUT2D eigenvalue weighted by Crippen LogP contribution is -2.34. The number of para-hydroxylation sites is 1. The van der Waals surface area contributed by atoms with Crippen LogP contribution in [0.2, 0.25) is 0 Å². The molecule has 2 fully saturated rings. The topological polar surface area (TPSA) is 68.5 Å². The van der Waals surface area contributed by atoms with Gasteiger partial charge in [0.15, 0.2) is 5.82 Å². The second-order valence-corrected chi connectivity index (χ2v) is 6.92. The molecule has 25 heavy (non-hydrogen) atoms. The number of ether oxygens (including phenoxy) is 1. The van der Waals surface area contributed by atoms with Crippen LogP contribution in [0, 0.1) is 0 Å².